The molecule has 2 nitrogen and oxygen atoms in total. The van der Waals surface area contributed by atoms with Gasteiger partial charge >= 0.3 is 151 Å². The molecule has 0 bridgehead atoms. The Morgan fingerprint density at radius 1 is 1.50 bits per heavy atom. The van der Waals surface area contributed by atoms with Gasteiger partial charge in [-0.3, -0.25) is 0 Å². The first-order valence-corrected chi connectivity index (χ1v) is 10.3. The molecule has 1 heterocycles. The van der Waals surface area contributed by atoms with Crippen molar-refractivity contribution in [3.05, 3.63) is 33.8 Å². The number of halogens is 1. The summed E-state index contributed by atoms with van der Waals surface area (Å²) in [5.74, 6) is 3.13. The number of rotatable bonds is 2. The van der Waals surface area contributed by atoms with Crippen LogP contribution in [0.2, 0.25) is 0 Å². The van der Waals surface area contributed by atoms with Gasteiger partial charge in [0.2, 0.25) is 0 Å². The van der Waals surface area contributed by atoms with Gasteiger partial charge in [0, 0.05) is 0 Å². The predicted octanol–water partition coefficient (Wildman–Crippen LogP) is 3.54. The first kappa shape index (κ1) is 17.7. The number of fused-ring (bicyclic) bond motifs is 1. The summed E-state index contributed by atoms with van der Waals surface area (Å²) in [6.45, 7) is 6.31. The molecule has 0 unspecified atom stereocenters. The molecular formula is C17H17BrO2SSe. The van der Waals surface area contributed by atoms with Crippen LogP contribution in [-0.2, 0) is 10.2 Å². The molecule has 1 aliphatic heterocycles. The molecule has 0 aliphatic carbocycles. The maximum absolute atomic E-state index is 10.6. The Morgan fingerprint density at radius 2 is 2.23 bits per heavy atom. The molecule has 0 radical (unpaired) electrons. The monoisotopic (exact) mass is 444 g/mol. The first-order chi connectivity index (χ1) is 10.3. The quantitative estimate of drug-likeness (QED) is 0.431. The summed E-state index contributed by atoms with van der Waals surface area (Å²) in [7, 11) is 0. The van der Waals surface area contributed by atoms with E-state index in [1.54, 1.807) is 6.92 Å². The van der Waals surface area contributed by atoms with E-state index in [1.807, 2.05) is 11.8 Å². The number of hydrogen-bond acceptors (Lipinski definition) is 2. The number of hydrogen-bond donors (Lipinski definition) is 1. The number of carboxylic acids is 1. The average molecular weight is 444 g/mol. The molecule has 0 fully saturated rings. The topological polar surface area (TPSA) is 37.3 Å². The van der Waals surface area contributed by atoms with Crippen molar-refractivity contribution in [2.45, 2.75) is 37.5 Å². The Hall–Kier alpha value is -0.661. The van der Waals surface area contributed by atoms with Gasteiger partial charge in [-0.25, -0.2) is 0 Å². The summed E-state index contributed by atoms with van der Waals surface area (Å²) in [5, 5.41) is 8.70. The SMILES string of the molecule is CC(C#C[Se]c1cc(Br)cc2c1SCCC2(C)C)=CC(=O)O. The average Bonchev–Trinajstić information content (AvgIpc) is 2.38. The molecule has 1 aliphatic rings. The molecule has 22 heavy (non-hydrogen) atoms. The van der Waals surface area contributed by atoms with Crippen molar-refractivity contribution in [2.24, 2.45) is 0 Å². The summed E-state index contributed by atoms with van der Waals surface area (Å²) in [6, 6.07) is 4.38. The van der Waals surface area contributed by atoms with Gasteiger partial charge in [-0.1, -0.05) is 0 Å². The molecule has 0 amide bonds. The van der Waals surface area contributed by atoms with Crippen LogP contribution in [0.5, 0.6) is 0 Å². The fourth-order valence-corrected chi connectivity index (χ4v) is 6.61. The minimum atomic E-state index is -0.948. The summed E-state index contributed by atoms with van der Waals surface area (Å²) in [6.07, 6.45) is 2.33. The fourth-order valence-electron chi connectivity index (χ4n) is 2.22. The van der Waals surface area contributed by atoms with Crippen LogP contribution in [0.15, 0.2) is 33.2 Å². The fraction of sp³-hybridized carbons (Fsp3) is 0.353. The third-order valence-electron chi connectivity index (χ3n) is 3.47. The number of benzene rings is 1. The molecule has 1 N–H and O–H groups in total. The Bertz CT molecular complexity index is 699. The van der Waals surface area contributed by atoms with Crippen molar-refractivity contribution in [1.82, 2.24) is 0 Å². The summed E-state index contributed by atoms with van der Waals surface area (Å²) >= 11 is 5.54. The molecule has 116 valence electrons. The molecular weight excluding hydrogens is 427 g/mol. The van der Waals surface area contributed by atoms with E-state index in [9.17, 15) is 4.79 Å². The van der Waals surface area contributed by atoms with Gasteiger partial charge in [0.25, 0.3) is 0 Å². The van der Waals surface area contributed by atoms with E-state index in [1.165, 1.54) is 21.3 Å². The maximum atomic E-state index is 10.6. The van der Waals surface area contributed by atoms with Gasteiger partial charge < -0.3 is 0 Å². The zero-order valence-corrected chi connectivity index (χ0v) is 16.8. The second-order valence-corrected chi connectivity index (χ2v) is 9.56. The normalized spacial score (nSPS) is 16.5. The Balaban J connectivity index is 2.32. The molecule has 0 spiro atoms. The first-order valence-electron chi connectivity index (χ1n) is 6.85. The Kier molecular flexibility index (Phi) is 5.85. The predicted molar refractivity (Wildman–Crippen MR) is 97.1 cm³/mol. The third kappa shape index (κ3) is 4.43. The molecule has 0 atom stereocenters. The van der Waals surface area contributed by atoms with Crippen molar-refractivity contribution >= 4 is 53.1 Å². The summed E-state index contributed by atoms with van der Waals surface area (Å²) < 4.78 is 2.38. The Labute approximate surface area is 150 Å². The number of carbonyl (C=O) groups is 1. The molecule has 1 aromatic rings. The van der Waals surface area contributed by atoms with Crippen LogP contribution < -0.4 is 4.46 Å². The van der Waals surface area contributed by atoms with Crippen LogP contribution >= 0.6 is 27.7 Å². The van der Waals surface area contributed by atoms with Crippen molar-refractivity contribution < 1.29 is 9.90 Å². The van der Waals surface area contributed by atoms with Crippen molar-refractivity contribution in [2.75, 3.05) is 5.75 Å². The molecule has 0 saturated heterocycles. The van der Waals surface area contributed by atoms with E-state index >= 15 is 0 Å². The molecule has 5 heteroatoms. The van der Waals surface area contributed by atoms with Crippen LogP contribution in [0, 0.1) is 10.7 Å². The standard InChI is InChI=1S/C17H17BrO2SSe/c1-11(8-15(19)20)4-7-22-14-10-12(18)9-13-16(14)21-6-5-17(13,2)3/h8-10H,5-6H2,1-3H3,(H,19,20). The van der Waals surface area contributed by atoms with E-state index in [4.69, 9.17) is 5.11 Å². The van der Waals surface area contributed by atoms with Crippen LogP contribution in [0.4, 0.5) is 0 Å². The van der Waals surface area contributed by atoms with E-state index in [2.05, 4.69) is 52.6 Å². The summed E-state index contributed by atoms with van der Waals surface area (Å²) in [4.78, 5) is 15.1. The second-order valence-electron chi connectivity index (χ2n) is 5.76. The van der Waals surface area contributed by atoms with E-state index < -0.39 is 5.97 Å². The molecule has 0 aromatic heterocycles. The van der Waals surface area contributed by atoms with Gasteiger partial charge in [-0.2, -0.15) is 0 Å². The minimum absolute atomic E-state index is 0.0158. The third-order valence-corrected chi connectivity index (χ3v) is 6.92. The molecule has 1 aromatic carbocycles. The number of aliphatic carboxylic acids is 1. The molecule has 0 saturated carbocycles. The van der Waals surface area contributed by atoms with Gasteiger partial charge in [0.05, 0.1) is 0 Å². The zero-order chi connectivity index (χ0) is 16.3. The van der Waals surface area contributed by atoms with Crippen LogP contribution in [0.25, 0.3) is 0 Å². The van der Waals surface area contributed by atoms with E-state index in [0.717, 1.165) is 16.3 Å². The van der Waals surface area contributed by atoms with Crippen molar-refractivity contribution in [3.8, 4) is 10.7 Å². The Morgan fingerprint density at radius 3 is 2.91 bits per heavy atom. The van der Waals surface area contributed by atoms with E-state index in [-0.39, 0.29) is 20.4 Å². The number of carboxylic acid groups (broad SMARTS) is 1. The van der Waals surface area contributed by atoms with Gasteiger partial charge in [0.15, 0.2) is 0 Å². The van der Waals surface area contributed by atoms with Crippen molar-refractivity contribution in [3.63, 3.8) is 0 Å². The van der Waals surface area contributed by atoms with Gasteiger partial charge in [0.1, 0.15) is 0 Å². The van der Waals surface area contributed by atoms with Crippen LogP contribution in [-0.4, -0.2) is 31.8 Å². The van der Waals surface area contributed by atoms with Gasteiger partial charge in [-0.15, -0.1) is 0 Å². The zero-order valence-electron chi connectivity index (χ0n) is 12.7. The number of allylic oxidation sites excluding steroid dienone is 1. The number of thioether (sulfide) groups is 1. The van der Waals surface area contributed by atoms with Crippen LogP contribution in [0.1, 0.15) is 32.8 Å². The summed E-state index contributed by atoms with van der Waals surface area (Å²) in [5.41, 5.74) is 2.18. The van der Waals surface area contributed by atoms with Gasteiger partial charge in [-0.05, 0) is 0 Å². The van der Waals surface area contributed by atoms with Crippen molar-refractivity contribution in [1.29, 1.82) is 0 Å². The second kappa shape index (κ2) is 7.27. The van der Waals surface area contributed by atoms with E-state index in [0.29, 0.717) is 5.57 Å². The molecule has 2 rings (SSSR count). The van der Waals surface area contributed by atoms with Crippen LogP contribution in [0.3, 0.4) is 0 Å².